The maximum Gasteiger partial charge on any atom is 0.152 e. The molecule has 0 saturated heterocycles. The Morgan fingerprint density at radius 1 is 1.33 bits per heavy atom. The van der Waals surface area contributed by atoms with Gasteiger partial charge in [0.25, 0.3) is 0 Å². The zero-order valence-corrected chi connectivity index (χ0v) is 8.18. The molecule has 0 aliphatic carbocycles. The monoisotopic (exact) mass is 171 g/mol. The fraction of sp³-hybridized carbons (Fsp3) is 0.778. The normalized spacial score (nSPS) is 13.1. The summed E-state index contributed by atoms with van der Waals surface area (Å²) >= 11 is 0. The van der Waals surface area contributed by atoms with Gasteiger partial charge in [0.1, 0.15) is 5.78 Å². The fourth-order valence-electron chi connectivity index (χ4n) is 1.03. The second-order valence-electron chi connectivity index (χ2n) is 3.30. The van der Waals surface area contributed by atoms with Crippen molar-refractivity contribution < 1.29 is 9.59 Å². The zero-order valence-electron chi connectivity index (χ0n) is 8.18. The van der Waals surface area contributed by atoms with Crippen molar-refractivity contribution in [3.63, 3.8) is 0 Å². The number of ketones is 2. The van der Waals surface area contributed by atoms with Gasteiger partial charge in [-0.2, -0.15) is 0 Å². The number of Topliss-reactive ketones (excluding diaryl/α,β-unsaturated/α-hetero) is 2. The summed E-state index contributed by atoms with van der Waals surface area (Å²) in [6.07, 6.45) is 0.299. The molecule has 0 radical (unpaired) electrons. The summed E-state index contributed by atoms with van der Waals surface area (Å²) in [6.45, 7) is 5.18. The van der Waals surface area contributed by atoms with Gasteiger partial charge in [-0.15, -0.1) is 0 Å². The molecule has 3 nitrogen and oxygen atoms in total. The molecule has 0 aromatic carbocycles. The van der Waals surface area contributed by atoms with Crippen molar-refractivity contribution in [1.29, 1.82) is 0 Å². The van der Waals surface area contributed by atoms with E-state index in [0.29, 0.717) is 6.42 Å². The van der Waals surface area contributed by atoms with Crippen LogP contribution >= 0.6 is 0 Å². The average molecular weight is 171 g/mol. The number of hydrogen-bond acceptors (Lipinski definition) is 3. The molecule has 0 aromatic rings. The summed E-state index contributed by atoms with van der Waals surface area (Å²) in [7, 11) is 1.70. The van der Waals surface area contributed by atoms with E-state index >= 15 is 0 Å². The third kappa shape index (κ3) is 3.62. The van der Waals surface area contributed by atoms with Crippen molar-refractivity contribution in [2.24, 2.45) is 5.92 Å². The van der Waals surface area contributed by atoms with Crippen molar-refractivity contribution in [1.82, 2.24) is 5.32 Å². The van der Waals surface area contributed by atoms with E-state index in [2.05, 4.69) is 5.32 Å². The van der Waals surface area contributed by atoms with Crippen molar-refractivity contribution in [3.05, 3.63) is 0 Å². The summed E-state index contributed by atoms with van der Waals surface area (Å²) < 4.78 is 0. The van der Waals surface area contributed by atoms with Gasteiger partial charge >= 0.3 is 0 Å². The molecule has 0 rings (SSSR count). The SMILES string of the molecule is CNC(CC(C)=O)C(=O)C(C)C. The molecule has 0 heterocycles. The highest BCUT2D eigenvalue weighted by Crippen LogP contribution is 2.03. The van der Waals surface area contributed by atoms with Crippen molar-refractivity contribution >= 4 is 11.6 Å². The Hall–Kier alpha value is -0.700. The number of nitrogens with one attached hydrogen (secondary N) is 1. The van der Waals surface area contributed by atoms with Crippen LogP contribution in [0.5, 0.6) is 0 Å². The lowest BCUT2D eigenvalue weighted by Gasteiger charge is -2.15. The molecule has 0 aromatic heterocycles. The van der Waals surface area contributed by atoms with E-state index < -0.39 is 0 Å². The van der Waals surface area contributed by atoms with E-state index in [1.54, 1.807) is 7.05 Å². The van der Waals surface area contributed by atoms with Crippen LogP contribution in [0.25, 0.3) is 0 Å². The van der Waals surface area contributed by atoms with Crippen molar-refractivity contribution in [2.75, 3.05) is 7.05 Å². The molecule has 0 amide bonds. The van der Waals surface area contributed by atoms with E-state index in [1.165, 1.54) is 6.92 Å². The molecule has 1 atom stereocenters. The number of carbonyl (C=O) groups excluding carboxylic acids is 2. The van der Waals surface area contributed by atoms with Crippen LogP contribution in [0, 0.1) is 5.92 Å². The molecule has 3 heteroatoms. The number of rotatable bonds is 5. The smallest absolute Gasteiger partial charge is 0.152 e. The van der Waals surface area contributed by atoms with E-state index in [0.717, 1.165) is 0 Å². The molecule has 12 heavy (non-hydrogen) atoms. The number of carbonyl (C=O) groups is 2. The van der Waals surface area contributed by atoms with Crippen LogP contribution in [-0.4, -0.2) is 24.7 Å². The molecule has 0 fully saturated rings. The van der Waals surface area contributed by atoms with Gasteiger partial charge in [-0.3, -0.25) is 9.59 Å². The Morgan fingerprint density at radius 2 is 1.83 bits per heavy atom. The quantitative estimate of drug-likeness (QED) is 0.665. The minimum absolute atomic E-state index is 0.0122. The summed E-state index contributed by atoms with van der Waals surface area (Å²) in [5.41, 5.74) is 0. The third-order valence-corrected chi connectivity index (χ3v) is 1.75. The Morgan fingerprint density at radius 3 is 2.08 bits per heavy atom. The van der Waals surface area contributed by atoms with Gasteiger partial charge < -0.3 is 5.32 Å². The third-order valence-electron chi connectivity index (χ3n) is 1.75. The van der Waals surface area contributed by atoms with E-state index in [1.807, 2.05) is 13.8 Å². The number of likely N-dealkylation sites (N-methyl/N-ethyl adjacent to an activating group) is 1. The zero-order chi connectivity index (χ0) is 9.72. The number of hydrogen-bond donors (Lipinski definition) is 1. The van der Waals surface area contributed by atoms with Gasteiger partial charge in [-0.25, -0.2) is 0 Å². The van der Waals surface area contributed by atoms with E-state index in [-0.39, 0.29) is 23.5 Å². The predicted octanol–water partition coefficient (Wildman–Crippen LogP) is 0.779. The second-order valence-corrected chi connectivity index (χ2v) is 3.30. The van der Waals surface area contributed by atoms with Gasteiger partial charge in [0.15, 0.2) is 5.78 Å². The van der Waals surface area contributed by atoms with Crippen molar-refractivity contribution in [3.8, 4) is 0 Å². The Kier molecular flexibility index (Phi) is 4.74. The summed E-state index contributed by atoms with van der Waals surface area (Å²) in [5.74, 6) is 0.137. The fourth-order valence-corrected chi connectivity index (χ4v) is 1.03. The molecule has 0 aliphatic rings. The van der Waals surface area contributed by atoms with Crippen LogP contribution in [0.3, 0.4) is 0 Å². The lowest BCUT2D eigenvalue weighted by atomic mass is 9.98. The van der Waals surface area contributed by atoms with Crippen LogP contribution in [0.1, 0.15) is 27.2 Å². The Labute approximate surface area is 73.5 Å². The van der Waals surface area contributed by atoms with Crippen LogP contribution in [0.4, 0.5) is 0 Å². The first-order valence-corrected chi connectivity index (χ1v) is 4.19. The second kappa shape index (κ2) is 5.04. The van der Waals surface area contributed by atoms with Crippen molar-refractivity contribution in [2.45, 2.75) is 33.2 Å². The maximum absolute atomic E-state index is 11.4. The first kappa shape index (κ1) is 11.3. The molecule has 1 N–H and O–H groups in total. The standard InChI is InChI=1S/C9H17NO2/c1-6(2)9(12)8(10-4)5-7(3)11/h6,8,10H,5H2,1-4H3. The molecule has 1 unspecified atom stereocenters. The average Bonchev–Trinajstić information content (AvgIpc) is 1.98. The minimum atomic E-state index is -0.303. The van der Waals surface area contributed by atoms with Crippen LogP contribution in [-0.2, 0) is 9.59 Å². The molecule has 0 saturated carbocycles. The van der Waals surface area contributed by atoms with Gasteiger partial charge in [0.05, 0.1) is 6.04 Å². The summed E-state index contributed by atoms with van der Waals surface area (Å²) in [4.78, 5) is 22.1. The van der Waals surface area contributed by atoms with Crippen LogP contribution < -0.4 is 5.32 Å². The molecule has 0 spiro atoms. The first-order chi connectivity index (χ1) is 5.49. The lowest BCUT2D eigenvalue weighted by Crippen LogP contribution is -2.38. The van der Waals surface area contributed by atoms with E-state index in [4.69, 9.17) is 0 Å². The Balaban J connectivity index is 4.15. The van der Waals surface area contributed by atoms with Crippen LogP contribution in [0.2, 0.25) is 0 Å². The minimum Gasteiger partial charge on any atom is -0.310 e. The molecule has 0 bridgehead atoms. The molecular formula is C9H17NO2. The largest absolute Gasteiger partial charge is 0.310 e. The predicted molar refractivity (Wildman–Crippen MR) is 48.0 cm³/mol. The maximum atomic E-state index is 11.4. The summed E-state index contributed by atoms with van der Waals surface area (Å²) in [6, 6.07) is -0.303. The molecule has 70 valence electrons. The van der Waals surface area contributed by atoms with Gasteiger partial charge in [0, 0.05) is 12.3 Å². The molecular weight excluding hydrogens is 154 g/mol. The van der Waals surface area contributed by atoms with E-state index in [9.17, 15) is 9.59 Å². The Bertz CT molecular complexity index is 175. The van der Waals surface area contributed by atoms with Gasteiger partial charge in [0.2, 0.25) is 0 Å². The van der Waals surface area contributed by atoms with Gasteiger partial charge in [-0.05, 0) is 14.0 Å². The topological polar surface area (TPSA) is 46.2 Å². The highest BCUT2D eigenvalue weighted by Gasteiger charge is 2.20. The first-order valence-electron chi connectivity index (χ1n) is 4.19. The molecule has 0 aliphatic heterocycles. The highest BCUT2D eigenvalue weighted by molar-refractivity contribution is 5.90. The summed E-state index contributed by atoms with van der Waals surface area (Å²) in [5, 5.41) is 2.84. The highest BCUT2D eigenvalue weighted by atomic mass is 16.1. The lowest BCUT2D eigenvalue weighted by molar-refractivity contribution is -0.127. The van der Waals surface area contributed by atoms with Crippen LogP contribution in [0.15, 0.2) is 0 Å². The van der Waals surface area contributed by atoms with Gasteiger partial charge in [-0.1, -0.05) is 13.8 Å².